The molecule has 0 saturated carbocycles. The van der Waals surface area contributed by atoms with Crippen LogP contribution < -0.4 is 23.8 Å². The van der Waals surface area contributed by atoms with Crippen molar-refractivity contribution >= 4 is 29.2 Å². The van der Waals surface area contributed by atoms with E-state index in [1.165, 1.54) is 0 Å². The molecule has 1 atom stereocenters. The SMILES string of the molecule is CCN(C(=O)c1ccc(Oc2cc3c(cc2Cl)C(C(=O)O)CCO3)cc1)c1cc(OC)cc(OC)c1. The lowest BCUT2D eigenvalue weighted by Gasteiger charge is -2.24. The number of carbonyl (C=O) groups excluding carboxylic acids is 1. The predicted molar refractivity (Wildman–Crippen MR) is 135 cm³/mol. The average Bonchev–Trinajstić information content (AvgIpc) is 2.89. The van der Waals surface area contributed by atoms with Gasteiger partial charge in [0.1, 0.15) is 28.7 Å². The molecule has 4 rings (SSSR count). The van der Waals surface area contributed by atoms with Crippen LogP contribution >= 0.6 is 11.6 Å². The van der Waals surface area contributed by atoms with Crippen molar-refractivity contribution in [3.05, 3.63) is 70.7 Å². The zero-order chi connectivity index (χ0) is 25.8. The van der Waals surface area contributed by atoms with Crippen molar-refractivity contribution in [3.63, 3.8) is 0 Å². The topological polar surface area (TPSA) is 94.5 Å². The Kier molecular flexibility index (Phi) is 7.55. The van der Waals surface area contributed by atoms with Gasteiger partial charge in [0.15, 0.2) is 0 Å². The number of hydrogen-bond donors (Lipinski definition) is 1. The van der Waals surface area contributed by atoms with Crippen LogP contribution in [0.1, 0.15) is 35.2 Å². The van der Waals surface area contributed by atoms with Crippen LogP contribution in [-0.4, -0.2) is 44.4 Å². The molecular formula is C27H26ClNO7. The van der Waals surface area contributed by atoms with Gasteiger partial charge in [-0.2, -0.15) is 0 Å². The fraction of sp³-hybridized carbons (Fsp3) is 0.259. The number of ether oxygens (including phenoxy) is 4. The summed E-state index contributed by atoms with van der Waals surface area (Å²) in [5, 5.41) is 9.73. The Labute approximate surface area is 213 Å². The smallest absolute Gasteiger partial charge is 0.311 e. The second kappa shape index (κ2) is 10.8. The van der Waals surface area contributed by atoms with Crippen molar-refractivity contribution in [1.82, 2.24) is 0 Å². The highest BCUT2D eigenvalue weighted by molar-refractivity contribution is 6.32. The van der Waals surface area contributed by atoms with E-state index in [1.54, 1.807) is 73.7 Å². The Bertz CT molecular complexity index is 1250. The van der Waals surface area contributed by atoms with E-state index in [9.17, 15) is 14.7 Å². The number of fused-ring (bicyclic) bond motifs is 1. The zero-order valence-electron chi connectivity index (χ0n) is 20.1. The van der Waals surface area contributed by atoms with Crippen LogP contribution in [0.5, 0.6) is 28.7 Å². The first-order valence-electron chi connectivity index (χ1n) is 11.4. The molecular weight excluding hydrogens is 486 g/mol. The average molecular weight is 512 g/mol. The first-order chi connectivity index (χ1) is 17.3. The van der Waals surface area contributed by atoms with Crippen LogP contribution in [0.3, 0.4) is 0 Å². The molecule has 9 heteroatoms. The Balaban J connectivity index is 1.54. The Hall–Kier alpha value is -3.91. The molecule has 188 valence electrons. The van der Waals surface area contributed by atoms with Crippen LogP contribution in [0.25, 0.3) is 0 Å². The van der Waals surface area contributed by atoms with E-state index < -0.39 is 11.9 Å². The molecule has 0 saturated heterocycles. The van der Waals surface area contributed by atoms with Gasteiger partial charge in [-0.3, -0.25) is 9.59 Å². The molecule has 1 heterocycles. The maximum absolute atomic E-state index is 13.3. The predicted octanol–water partition coefficient (Wildman–Crippen LogP) is 5.77. The van der Waals surface area contributed by atoms with E-state index in [4.69, 9.17) is 30.5 Å². The minimum absolute atomic E-state index is 0.195. The molecule has 0 spiro atoms. The van der Waals surface area contributed by atoms with Crippen LogP contribution in [0, 0.1) is 0 Å². The van der Waals surface area contributed by atoms with Crippen molar-refractivity contribution in [2.75, 3.05) is 32.3 Å². The van der Waals surface area contributed by atoms with Crippen molar-refractivity contribution in [2.45, 2.75) is 19.3 Å². The van der Waals surface area contributed by atoms with Gasteiger partial charge in [0.25, 0.3) is 5.91 Å². The van der Waals surface area contributed by atoms with Gasteiger partial charge >= 0.3 is 5.97 Å². The third-order valence-corrected chi connectivity index (χ3v) is 6.24. The Morgan fingerprint density at radius 2 is 1.69 bits per heavy atom. The van der Waals surface area contributed by atoms with E-state index in [0.717, 1.165) is 0 Å². The minimum atomic E-state index is -0.918. The third kappa shape index (κ3) is 5.18. The summed E-state index contributed by atoms with van der Waals surface area (Å²) in [6, 6.07) is 15.1. The number of methoxy groups -OCH3 is 2. The summed E-state index contributed by atoms with van der Waals surface area (Å²) < 4.78 is 22.2. The van der Waals surface area contributed by atoms with Crippen molar-refractivity contribution in [3.8, 4) is 28.7 Å². The first-order valence-corrected chi connectivity index (χ1v) is 11.7. The second-order valence-electron chi connectivity index (χ2n) is 8.10. The fourth-order valence-corrected chi connectivity index (χ4v) is 4.28. The third-order valence-electron chi connectivity index (χ3n) is 5.94. The van der Waals surface area contributed by atoms with Crippen molar-refractivity contribution in [1.29, 1.82) is 0 Å². The molecule has 1 N–H and O–H groups in total. The van der Waals surface area contributed by atoms with Crippen LogP contribution in [0.4, 0.5) is 5.69 Å². The standard InChI is InChI=1S/C27H26ClNO7/c1-4-29(17-11-19(33-2)13-20(12-17)34-3)26(30)16-5-7-18(8-6-16)36-25-15-24-22(14-23(25)28)21(27(31)32)9-10-35-24/h5-8,11-15,21H,4,9-10H2,1-3H3,(H,31,32). The first kappa shape index (κ1) is 25.2. The van der Waals surface area contributed by atoms with E-state index in [1.807, 2.05) is 6.92 Å². The lowest BCUT2D eigenvalue weighted by Crippen LogP contribution is -2.30. The van der Waals surface area contributed by atoms with E-state index in [0.29, 0.717) is 65.1 Å². The Morgan fingerprint density at radius 1 is 1.03 bits per heavy atom. The molecule has 1 aliphatic heterocycles. The number of aliphatic carboxylic acids is 1. The summed E-state index contributed by atoms with van der Waals surface area (Å²) in [7, 11) is 3.11. The second-order valence-corrected chi connectivity index (χ2v) is 8.50. The molecule has 0 aliphatic carbocycles. The summed E-state index contributed by atoms with van der Waals surface area (Å²) in [5.41, 5.74) is 1.65. The van der Waals surface area contributed by atoms with E-state index in [-0.39, 0.29) is 10.9 Å². The van der Waals surface area contributed by atoms with Crippen molar-refractivity contribution < 1.29 is 33.6 Å². The molecule has 0 fully saturated rings. The lowest BCUT2D eigenvalue weighted by atomic mass is 9.93. The van der Waals surface area contributed by atoms with E-state index in [2.05, 4.69) is 0 Å². The molecule has 36 heavy (non-hydrogen) atoms. The molecule has 0 bridgehead atoms. The summed E-state index contributed by atoms with van der Waals surface area (Å²) >= 11 is 6.39. The lowest BCUT2D eigenvalue weighted by molar-refractivity contribution is -0.139. The number of rotatable bonds is 8. The largest absolute Gasteiger partial charge is 0.497 e. The number of amides is 1. The molecule has 3 aromatic carbocycles. The monoisotopic (exact) mass is 511 g/mol. The molecule has 0 radical (unpaired) electrons. The number of carboxylic acids is 1. The molecule has 1 unspecified atom stereocenters. The molecule has 1 aliphatic rings. The summed E-state index contributed by atoms with van der Waals surface area (Å²) in [5.74, 6) is 0.616. The number of anilines is 1. The van der Waals surface area contributed by atoms with Gasteiger partial charge in [0.05, 0.1) is 37.5 Å². The number of halogens is 1. The van der Waals surface area contributed by atoms with Crippen molar-refractivity contribution in [2.24, 2.45) is 0 Å². The van der Waals surface area contributed by atoms with Crippen LogP contribution in [0.2, 0.25) is 5.02 Å². The number of benzene rings is 3. The van der Waals surface area contributed by atoms with Gasteiger partial charge < -0.3 is 29.0 Å². The van der Waals surface area contributed by atoms with Crippen LogP contribution in [0.15, 0.2) is 54.6 Å². The molecule has 1 amide bonds. The van der Waals surface area contributed by atoms with Gasteiger partial charge in [-0.15, -0.1) is 0 Å². The highest BCUT2D eigenvalue weighted by Crippen LogP contribution is 2.42. The van der Waals surface area contributed by atoms with Crippen LogP contribution in [-0.2, 0) is 4.79 Å². The van der Waals surface area contributed by atoms with Gasteiger partial charge in [-0.1, -0.05) is 11.6 Å². The summed E-state index contributed by atoms with van der Waals surface area (Å²) in [6.45, 7) is 2.63. The van der Waals surface area contributed by atoms with Gasteiger partial charge in [-0.05, 0) is 43.7 Å². The minimum Gasteiger partial charge on any atom is -0.497 e. The maximum atomic E-state index is 13.3. The summed E-state index contributed by atoms with van der Waals surface area (Å²) in [4.78, 5) is 26.4. The number of nitrogens with zero attached hydrogens (tertiary/aromatic N) is 1. The molecule has 8 nitrogen and oxygen atoms in total. The Morgan fingerprint density at radius 3 is 2.28 bits per heavy atom. The molecule has 3 aromatic rings. The highest BCUT2D eigenvalue weighted by Gasteiger charge is 2.29. The fourth-order valence-electron chi connectivity index (χ4n) is 4.06. The number of carbonyl (C=O) groups is 2. The highest BCUT2D eigenvalue weighted by atomic mass is 35.5. The number of hydrogen-bond acceptors (Lipinski definition) is 6. The zero-order valence-corrected chi connectivity index (χ0v) is 20.9. The quantitative estimate of drug-likeness (QED) is 0.410. The van der Waals surface area contributed by atoms with Gasteiger partial charge in [0, 0.05) is 41.9 Å². The summed E-state index contributed by atoms with van der Waals surface area (Å²) in [6.07, 6.45) is 0.381. The normalized spacial score (nSPS) is 14.3. The van der Waals surface area contributed by atoms with Gasteiger partial charge in [0.2, 0.25) is 0 Å². The molecule has 0 aromatic heterocycles. The van der Waals surface area contributed by atoms with Gasteiger partial charge in [-0.25, -0.2) is 0 Å². The van der Waals surface area contributed by atoms with E-state index >= 15 is 0 Å². The number of carboxylic acid groups (broad SMARTS) is 1. The maximum Gasteiger partial charge on any atom is 0.311 e.